The Hall–Kier alpha value is -1.62. The number of aromatic nitrogens is 2. The van der Waals surface area contributed by atoms with Crippen LogP contribution < -0.4 is 10.2 Å². The fraction of sp³-hybridized carbons (Fsp3) is 0.467. The lowest BCUT2D eigenvalue weighted by Crippen LogP contribution is -2.21. The molecule has 0 amide bonds. The van der Waals surface area contributed by atoms with Crippen molar-refractivity contribution in [1.82, 2.24) is 10.2 Å². The van der Waals surface area contributed by atoms with Gasteiger partial charge in [0.05, 0.1) is 6.54 Å². The van der Waals surface area contributed by atoms with Gasteiger partial charge in [0.2, 0.25) is 5.13 Å². The fourth-order valence-electron chi connectivity index (χ4n) is 1.93. The van der Waals surface area contributed by atoms with Crippen LogP contribution in [0.25, 0.3) is 0 Å². The molecule has 1 aromatic heterocycles. The minimum absolute atomic E-state index is 0.811. The summed E-state index contributed by atoms with van der Waals surface area (Å²) in [5, 5.41) is 13.7. The predicted octanol–water partition coefficient (Wildman–Crippen LogP) is 3.69. The lowest BCUT2D eigenvalue weighted by molar-refractivity contribution is 0.811. The average Bonchev–Trinajstić information content (AvgIpc) is 2.91. The second-order valence-corrected chi connectivity index (χ2v) is 5.84. The highest BCUT2D eigenvalue weighted by atomic mass is 32.1. The molecule has 20 heavy (non-hydrogen) atoms. The van der Waals surface area contributed by atoms with Crippen molar-refractivity contribution in [3.8, 4) is 0 Å². The zero-order chi connectivity index (χ0) is 14.4. The molecule has 0 unspecified atom stereocenters. The van der Waals surface area contributed by atoms with E-state index in [1.54, 1.807) is 11.3 Å². The van der Waals surface area contributed by atoms with Gasteiger partial charge in [-0.2, -0.15) is 0 Å². The number of anilines is 2. The van der Waals surface area contributed by atoms with Crippen molar-refractivity contribution in [3.63, 3.8) is 0 Å². The van der Waals surface area contributed by atoms with Crippen molar-refractivity contribution >= 4 is 22.2 Å². The smallest absolute Gasteiger partial charge is 0.205 e. The molecule has 5 heteroatoms. The Kier molecular flexibility index (Phi) is 5.35. The highest BCUT2D eigenvalue weighted by molar-refractivity contribution is 7.15. The third-order valence-corrected chi connectivity index (χ3v) is 3.97. The molecule has 0 aliphatic rings. The second-order valence-electron chi connectivity index (χ2n) is 4.78. The van der Waals surface area contributed by atoms with E-state index in [0.717, 1.165) is 36.2 Å². The lowest BCUT2D eigenvalue weighted by Gasteiger charge is -2.21. The zero-order valence-electron chi connectivity index (χ0n) is 12.4. The van der Waals surface area contributed by atoms with Crippen LogP contribution in [0.2, 0.25) is 0 Å². The number of nitrogens with one attached hydrogen (secondary N) is 1. The van der Waals surface area contributed by atoms with E-state index >= 15 is 0 Å². The highest BCUT2D eigenvalue weighted by Crippen LogP contribution is 2.21. The van der Waals surface area contributed by atoms with Gasteiger partial charge in [0.15, 0.2) is 0 Å². The standard InChI is InChI=1S/C15H22N4S/c1-4-10-16-15-18-17-14(20-15)11-19(5-2)13-8-6-12(3)7-9-13/h6-9H,4-5,10-11H2,1-3H3,(H,16,18). The van der Waals surface area contributed by atoms with E-state index in [1.165, 1.54) is 11.3 Å². The van der Waals surface area contributed by atoms with E-state index in [4.69, 9.17) is 0 Å². The molecule has 2 rings (SSSR count). The molecule has 0 atom stereocenters. The van der Waals surface area contributed by atoms with Gasteiger partial charge >= 0.3 is 0 Å². The van der Waals surface area contributed by atoms with E-state index < -0.39 is 0 Å². The summed E-state index contributed by atoms with van der Waals surface area (Å²) in [6.07, 6.45) is 1.10. The number of nitrogens with zero attached hydrogens (tertiary/aromatic N) is 3. The molecular weight excluding hydrogens is 268 g/mol. The van der Waals surface area contributed by atoms with Crippen LogP contribution in [0.1, 0.15) is 30.8 Å². The van der Waals surface area contributed by atoms with Crippen molar-refractivity contribution in [2.45, 2.75) is 33.7 Å². The largest absolute Gasteiger partial charge is 0.365 e. The SMILES string of the molecule is CCCNc1nnc(CN(CC)c2ccc(C)cc2)s1. The first kappa shape index (κ1) is 14.8. The van der Waals surface area contributed by atoms with Gasteiger partial charge in [0, 0.05) is 18.8 Å². The van der Waals surface area contributed by atoms with Gasteiger partial charge in [-0.1, -0.05) is 36.0 Å². The van der Waals surface area contributed by atoms with Gasteiger partial charge in [-0.3, -0.25) is 0 Å². The van der Waals surface area contributed by atoms with Crippen molar-refractivity contribution in [2.24, 2.45) is 0 Å². The summed E-state index contributed by atoms with van der Waals surface area (Å²) in [6, 6.07) is 8.62. The first-order chi connectivity index (χ1) is 9.72. The Bertz CT molecular complexity index is 521. The third kappa shape index (κ3) is 3.93. The second kappa shape index (κ2) is 7.24. The first-order valence-corrected chi connectivity index (χ1v) is 7.92. The molecule has 1 aromatic carbocycles. The topological polar surface area (TPSA) is 41.1 Å². The number of aryl methyl sites for hydroxylation is 1. The molecule has 0 bridgehead atoms. The molecule has 1 N–H and O–H groups in total. The molecule has 0 radical (unpaired) electrons. The lowest BCUT2D eigenvalue weighted by atomic mass is 10.2. The molecular formula is C15H22N4S. The van der Waals surface area contributed by atoms with Crippen LogP contribution in [0.3, 0.4) is 0 Å². The summed E-state index contributed by atoms with van der Waals surface area (Å²) in [6.45, 7) is 9.13. The van der Waals surface area contributed by atoms with Crippen LogP contribution in [0.15, 0.2) is 24.3 Å². The van der Waals surface area contributed by atoms with E-state index in [1.807, 2.05) is 0 Å². The van der Waals surface area contributed by atoms with Gasteiger partial charge in [-0.15, -0.1) is 10.2 Å². The maximum Gasteiger partial charge on any atom is 0.205 e. The summed E-state index contributed by atoms with van der Waals surface area (Å²) in [5.41, 5.74) is 2.52. The highest BCUT2D eigenvalue weighted by Gasteiger charge is 2.09. The normalized spacial score (nSPS) is 10.6. The molecule has 0 fully saturated rings. The number of rotatable bonds is 7. The number of hydrogen-bond acceptors (Lipinski definition) is 5. The van der Waals surface area contributed by atoms with Crippen LogP contribution in [0, 0.1) is 6.92 Å². The van der Waals surface area contributed by atoms with Gasteiger partial charge in [0.1, 0.15) is 5.01 Å². The van der Waals surface area contributed by atoms with Gasteiger partial charge in [-0.05, 0) is 32.4 Å². The maximum atomic E-state index is 4.26. The minimum atomic E-state index is 0.811. The van der Waals surface area contributed by atoms with Crippen LogP contribution >= 0.6 is 11.3 Å². The van der Waals surface area contributed by atoms with Crippen molar-refractivity contribution < 1.29 is 0 Å². The van der Waals surface area contributed by atoms with Gasteiger partial charge < -0.3 is 10.2 Å². The summed E-state index contributed by atoms with van der Waals surface area (Å²) in [5.74, 6) is 0. The van der Waals surface area contributed by atoms with E-state index in [-0.39, 0.29) is 0 Å². The van der Waals surface area contributed by atoms with E-state index in [9.17, 15) is 0 Å². The van der Waals surface area contributed by atoms with Crippen LogP contribution in [0.5, 0.6) is 0 Å². The Balaban J connectivity index is 2.02. The van der Waals surface area contributed by atoms with Crippen LogP contribution in [-0.2, 0) is 6.54 Å². The average molecular weight is 290 g/mol. The summed E-state index contributed by atoms with van der Waals surface area (Å²) >= 11 is 1.64. The molecule has 4 nitrogen and oxygen atoms in total. The van der Waals surface area contributed by atoms with Crippen molar-refractivity contribution in [2.75, 3.05) is 23.3 Å². The molecule has 108 valence electrons. The molecule has 0 aliphatic heterocycles. The number of hydrogen-bond donors (Lipinski definition) is 1. The quantitative estimate of drug-likeness (QED) is 0.844. The van der Waals surface area contributed by atoms with Crippen molar-refractivity contribution in [1.29, 1.82) is 0 Å². The third-order valence-electron chi connectivity index (χ3n) is 3.10. The monoisotopic (exact) mass is 290 g/mol. The van der Waals surface area contributed by atoms with E-state index in [2.05, 4.69) is 65.5 Å². The Morgan fingerprint density at radius 2 is 1.90 bits per heavy atom. The van der Waals surface area contributed by atoms with Gasteiger partial charge in [0.25, 0.3) is 0 Å². The van der Waals surface area contributed by atoms with Crippen molar-refractivity contribution in [3.05, 3.63) is 34.8 Å². The molecule has 2 aromatic rings. The molecule has 0 saturated carbocycles. The molecule has 1 heterocycles. The van der Waals surface area contributed by atoms with Crippen LogP contribution in [-0.4, -0.2) is 23.3 Å². The van der Waals surface area contributed by atoms with Gasteiger partial charge in [-0.25, -0.2) is 0 Å². The van der Waals surface area contributed by atoms with Crippen LogP contribution in [0.4, 0.5) is 10.8 Å². The van der Waals surface area contributed by atoms with E-state index in [0.29, 0.717) is 0 Å². The predicted molar refractivity (Wildman–Crippen MR) is 86.6 cm³/mol. The summed E-state index contributed by atoms with van der Waals surface area (Å²) in [4.78, 5) is 2.31. The molecule has 0 saturated heterocycles. The summed E-state index contributed by atoms with van der Waals surface area (Å²) in [7, 11) is 0. The zero-order valence-corrected chi connectivity index (χ0v) is 13.2. The Morgan fingerprint density at radius 1 is 1.15 bits per heavy atom. The minimum Gasteiger partial charge on any atom is -0.365 e. The molecule has 0 spiro atoms. The summed E-state index contributed by atoms with van der Waals surface area (Å²) < 4.78 is 0. The maximum absolute atomic E-state index is 4.26. The first-order valence-electron chi connectivity index (χ1n) is 7.10. The Labute approximate surface area is 124 Å². The molecule has 0 aliphatic carbocycles. The Morgan fingerprint density at radius 3 is 2.55 bits per heavy atom. The number of benzene rings is 1. The fourth-order valence-corrected chi connectivity index (χ4v) is 2.71.